The van der Waals surface area contributed by atoms with Gasteiger partial charge in [0.2, 0.25) is 0 Å². The van der Waals surface area contributed by atoms with Gasteiger partial charge in [-0.1, -0.05) is 18.2 Å². The van der Waals surface area contributed by atoms with E-state index in [9.17, 15) is 9.59 Å². The van der Waals surface area contributed by atoms with E-state index in [2.05, 4.69) is 4.98 Å². The smallest absolute Gasteiger partial charge is 0.340 e. The summed E-state index contributed by atoms with van der Waals surface area (Å²) < 4.78 is 5.08. The Balaban J connectivity index is 1.96. The van der Waals surface area contributed by atoms with Gasteiger partial charge >= 0.3 is 5.97 Å². The van der Waals surface area contributed by atoms with Crippen LogP contribution >= 0.6 is 0 Å². The van der Waals surface area contributed by atoms with Crippen LogP contribution in [0.3, 0.4) is 0 Å². The molecule has 0 radical (unpaired) electrons. The summed E-state index contributed by atoms with van der Waals surface area (Å²) in [5, 5.41) is 0. The van der Waals surface area contributed by atoms with Gasteiger partial charge in [-0.15, -0.1) is 0 Å². The van der Waals surface area contributed by atoms with Crippen LogP contribution in [-0.4, -0.2) is 30.0 Å². The summed E-state index contributed by atoms with van der Waals surface area (Å²) in [6.07, 6.45) is 0.853. The third kappa shape index (κ3) is 2.52. The maximum atomic E-state index is 12.9. The molecule has 1 amide bonds. The molecule has 0 unspecified atom stereocenters. The lowest BCUT2D eigenvalue weighted by atomic mass is 10.1. The molecule has 23 heavy (non-hydrogen) atoms. The van der Waals surface area contributed by atoms with Gasteiger partial charge in [0.1, 0.15) is 5.69 Å². The molecule has 3 rings (SSSR count). The molecule has 0 bridgehead atoms. The first-order valence-electron chi connectivity index (χ1n) is 7.80. The van der Waals surface area contributed by atoms with Crippen molar-refractivity contribution in [2.24, 2.45) is 0 Å². The number of nitrogens with zero attached hydrogens (tertiary/aromatic N) is 1. The zero-order valence-corrected chi connectivity index (χ0v) is 13.6. The largest absolute Gasteiger partial charge is 0.462 e. The van der Waals surface area contributed by atoms with Crippen LogP contribution in [-0.2, 0) is 11.2 Å². The van der Waals surface area contributed by atoms with Gasteiger partial charge in [0.25, 0.3) is 5.91 Å². The van der Waals surface area contributed by atoms with Gasteiger partial charge in [-0.25, -0.2) is 4.79 Å². The number of rotatable bonds is 3. The second-order valence-corrected chi connectivity index (χ2v) is 5.68. The minimum atomic E-state index is -0.389. The molecule has 120 valence electrons. The van der Waals surface area contributed by atoms with Gasteiger partial charge in [-0.3, -0.25) is 4.79 Å². The van der Waals surface area contributed by atoms with E-state index in [0.29, 0.717) is 35.7 Å². The Morgan fingerprint density at radius 2 is 2.00 bits per heavy atom. The highest BCUT2D eigenvalue weighted by molar-refractivity contribution is 6.09. The fraction of sp³-hybridized carbons (Fsp3) is 0.333. The second kappa shape index (κ2) is 5.91. The summed E-state index contributed by atoms with van der Waals surface area (Å²) in [5.41, 5.74) is 4.35. The number of aryl methyl sites for hydroxylation is 1. The van der Waals surface area contributed by atoms with Crippen molar-refractivity contribution in [3.05, 3.63) is 52.3 Å². The summed E-state index contributed by atoms with van der Waals surface area (Å²) in [7, 11) is 0. The summed E-state index contributed by atoms with van der Waals surface area (Å²) in [5.74, 6) is -0.495. The molecule has 1 aliphatic rings. The topological polar surface area (TPSA) is 62.4 Å². The van der Waals surface area contributed by atoms with Crippen molar-refractivity contribution in [3.8, 4) is 0 Å². The van der Waals surface area contributed by atoms with Crippen molar-refractivity contribution in [2.75, 3.05) is 18.1 Å². The molecule has 0 aliphatic carbocycles. The third-order valence-electron chi connectivity index (χ3n) is 4.26. The van der Waals surface area contributed by atoms with Crippen molar-refractivity contribution in [2.45, 2.75) is 27.2 Å². The first kappa shape index (κ1) is 15.3. The van der Waals surface area contributed by atoms with Crippen molar-refractivity contribution >= 4 is 17.6 Å². The molecular formula is C18H20N2O3. The number of para-hydroxylation sites is 1. The molecule has 1 aliphatic heterocycles. The monoisotopic (exact) mass is 312 g/mol. The lowest BCUT2D eigenvalue weighted by Crippen LogP contribution is -2.29. The average Bonchev–Trinajstić information content (AvgIpc) is 3.08. The number of H-pyrrole nitrogens is 1. The van der Waals surface area contributed by atoms with Crippen LogP contribution in [0.15, 0.2) is 24.3 Å². The van der Waals surface area contributed by atoms with E-state index < -0.39 is 0 Å². The number of benzene rings is 1. The Morgan fingerprint density at radius 1 is 1.26 bits per heavy atom. The number of anilines is 1. The van der Waals surface area contributed by atoms with E-state index in [-0.39, 0.29) is 11.9 Å². The van der Waals surface area contributed by atoms with E-state index in [1.807, 2.05) is 24.3 Å². The van der Waals surface area contributed by atoms with Gasteiger partial charge in [-0.05, 0) is 44.4 Å². The zero-order valence-electron chi connectivity index (χ0n) is 13.6. The number of carbonyl (C=O) groups is 2. The predicted molar refractivity (Wildman–Crippen MR) is 88.0 cm³/mol. The SMILES string of the molecule is CCOC(=O)c1c(C)[nH]c(C(=O)N2CCc3ccccc32)c1C. The van der Waals surface area contributed by atoms with E-state index >= 15 is 0 Å². The van der Waals surface area contributed by atoms with Crippen molar-refractivity contribution < 1.29 is 14.3 Å². The van der Waals surface area contributed by atoms with Crippen LogP contribution in [0.25, 0.3) is 0 Å². The fourth-order valence-corrected chi connectivity index (χ4v) is 3.16. The second-order valence-electron chi connectivity index (χ2n) is 5.68. The number of fused-ring (bicyclic) bond motifs is 1. The first-order chi connectivity index (χ1) is 11.0. The number of carbonyl (C=O) groups excluding carboxylic acids is 2. The minimum absolute atomic E-state index is 0.105. The summed E-state index contributed by atoms with van der Waals surface area (Å²) >= 11 is 0. The van der Waals surface area contributed by atoms with Crippen LogP contribution in [0.4, 0.5) is 5.69 Å². The van der Waals surface area contributed by atoms with Crippen LogP contribution in [0.1, 0.15) is 44.6 Å². The normalized spacial score (nSPS) is 13.1. The number of aromatic nitrogens is 1. The number of hydrogen-bond donors (Lipinski definition) is 1. The fourth-order valence-electron chi connectivity index (χ4n) is 3.16. The number of aromatic amines is 1. The van der Waals surface area contributed by atoms with Gasteiger partial charge in [0.15, 0.2) is 0 Å². The van der Waals surface area contributed by atoms with Crippen molar-refractivity contribution in [1.29, 1.82) is 0 Å². The number of nitrogens with one attached hydrogen (secondary N) is 1. The number of ether oxygens (including phenoxy) is 1. The van der Waals surface area contributed by atoms with Crippen LogP contribution < -0.4 is 4.90 Å². The maximum absolute atomic E-state index is 12.9. The Hall–Kier alpha value is -2.56. The Morgan fingerprint density at radius 3 is 2.74 bits per heavy atom. The molecule has 0 fully saturated rings. The molecule has 2 aromatic rings. The van der Waals surface area contributed by atoms with Crippen molar-refractivity contribution in [1.82, 2.24) is 4.98 Å². The highest BCUT2D eigenvalue weighted by atomic mass is 16.5. The van der Waals surface area contributed by atoms with Crippen LogP contribution in [0.2, 0.25) is 0 Å². The first-order valence-corrected chi connectivity index (χ1v) is 7.80. The zero-order chi connectivity index (χ0) is 16.6. The molecule has 1 aromatic heterocycles. The Bertz CT molecular complexity index is 777. The molecule has 1 N–H and O–H groups in total. The van der Waals surface area contributed by atoms with Gasteiger partial charge in [0.05, 0.1) is 12.2 Å². The number of amides is 1. The van der Waals surface area contributed by atoms with Crippen molar-refractivity contribution in [3.63, 3.8) is 0 Å². The average molecular weight is 312 g/mol. The molecule has 0 saturated heterocycles. The molecule has 0 saturated carbocycles. The molecule has 1 aromatic carbocycles. The molecule has 2 heterocycles. The quantitative estimate of drug-likeness (QED) is 0.886. The predicted octanol–water partition coefficient (Wildman–Crippen LogP) is 3.01. The van der Waals surface area contributed by atoms with Gasteiger partial charge in [-0.2, -0.15) is 0 Å². The number of hydrogen-bond acceptors (Lipinski definition) is 3. The minimum Gasteiger partial charge on any atom is -0.462 e. The van der Waals surface area contributed by atoms with Gasteiger partial charge < -0.3 is 14.6 Å². The van der Waals surface area contributed by atoms with E-state index in [1.165, 1.54) is 5.56 Å². The summed E-state index contributed by atoms with van der Waals surface area (Å²) in [6.45, 7) is 6.30. The highest BCUT2D eigenvalue weighted by Gasteiger charge is 2.29. The van der Waals surface area contributed by atoms with Gasteiger partial charge in [0, 0.05) is 17.9 Å². The lowest BCUT2D eigenvalue weighted by molar-refractivity contribution is 0.0525. The highest BCUT2D eigenvalue weighted by Crippen LogP contribution is 2.30. The Kier molecular flexibility index (Phi) is 3.94. The lowest BCUT2D eigenvalue weighted by Gasteiger charge is -2.17. The molecule has 0 spiro atoms. The maximum Gasteiger partial charge on any atom is 0.340 e. The van der Waals surface area contributed by atoms with E-state index in [4.69, 9.17) is 4.74 Å². The third-order valence-corrected chi connectivity index (χ3v) is 4.26. The molecule has 5 heteroatoms. The van der Waals surface area contributed by atoms with E-state index in [0.717, 1.165) is 12.1 Å². The van der Waals surface area contributed by atoms with Crippen LogP contribution in [0, 0.1) is 13.8 Å². The molecule has 5 nitrogen and oxygen atoms in total. The standard InChI is InChI=1S/C18H20N2O3/c1-4-23-18(22)15-11(2)16(19-12(15)3)17(21)20-10-9-13-7-5-6-8-14(13)20/h5-8,19H,4,9-10H2,1-3H3. The summed E-state index contributed by atoms with van der Waals surface area (Å²) in [6, 6.07) is 7.91. The Labute approximate surface area is 135 Å². The van der Waals surface area contributed by atoms with Crippen LogP contribution in [0.5, 0.6) is 0 Å². The summed E-state index contributed by atoms with van der Waals surface area (Å²) in [4.78, 5) is 29.8. The molecular weight excluding hydrogens is 292 g/mol. The van der Waals surface area contributed by atoms with E-state index in [1.54, 1.807) is 25.7 Å². The molecule has 0 atom stereocenters. The number of esters is 1.